The highest BCUT2D eigenvalue weighted by atomic mass is 32.1. The van der Waals surface area contributed by atoms with E-state index in [2.05, 4.69) is 65.7 Å². The molecule has 33 heavy (non-hydrogen) atoms. The first-order chi connectivity index (χ1) is 16.0. The quantitative estimate of drug-likeness (QED) is 0.275. The molecule has 0 fully saturated rings. The van der Waals surface area contributed by atoms with Crippen LogP contribution < -0.4 is 10.1 Å². The fourth-order valence-electron chi connectivity index (χ4n) is 3.80. The highest BCUT2D eigenvalue weighted by molar-refractivity contribution is 7.17. The topological polar surface area (TPSA) is 59.9 Å². The normalized spacial score (nSPS) is 11.3. The highest BCUT2D eigenvalue weighted by Gasteiger charge is 2.16. The van der Waals surface area contributed by atoms with Crippen molar-refractivity contribution in [2.75, 3.05) is 12.4 Å². The van der Waals surface area contributed by atoms with Gasteiger partial charge in [0.05, 0.1) is 18.2 Å². The minimum absolute atomic E-state index is 0.506. The summed E-state index contributed by atoms with van der Waals surface area (Å²) in [5, 5.41) is 7.46. The van der Waals surface area contributed by atoms with Crippen molar-refractivity contribution in [2.24, 2.45) is 0 Å². The summed E-state index contributed by atoms with van der Waals surface area (Å²) in [4.78, 5) is 16.0. The third kappa shape index (κ3) is 4.21. The monoisotopic (exact) mass is 472 g/mol. The molecule has 0 unspecified atom stereocenters. The van der Waals surface area contributed by atoms with Gasteiger partial charge in [-0.3, -0.25) is 0 Å². The van der Waals surface area contributed by atoms with Gasteiger partial charge in [-0.05, 0) is 48.2 Å². The molecule has 0 aliphatic carbocycles. The van der Waals surface area contributed by atoms with Crippen LogP contribution in [0.4, 0.5) is 10.9 Å². The van der Waals surface area contributed by atoms with Crippen LogP contribution in [-0.2, 0) is 0 Å². The van der Waals surface area contributed by atoms with Crippen LogP contribution in [0.1, 0.15) is 30.2 Å². The minimum atomic E-state index is 0.506. The molecule has 5 nitrogen and oxygen atoms in total. The van der Waals surface area contributed by atoms with Gasteiger partial charge in [-0.1, -0.05) is 38.1 Å². The molecule has 3 aromatic heterocycles. The SMILES string of the molecule is COc1ccc(-c2nc(Nc3ncnc4scc(-c5ccc(C(C)C)cc5)c34)sc2C)cc1. The van der Waals surface area contributed by atoms with Gasteiger partial charge in [0.2, 0.25) is 0 Å². The van der Waals surface area contributed by atoms with E-state index in [4.69, 9.17) is 9.72 Å². The molecule has 5 aromatic rings. The summed E-state index contributed by atoms with van der Waals surface area (Å²) < 4.78 is 5.28. The number of benzene rings is 2. The van der Waals surface area contributed by atoms with E-state index in [1.165, 1.54) is 5.56 Å². The lowest BCUT2D eigenvalue weighted by molar-refractivity contribution is 0.415. The number of thiophene rings is 1. The molecule has 0 radical (unpaired) electrons. The molecule has 0 aliphatic rings. The van der Waals surface area contributed by atoms with Crippen molar-refractivity contribution in [3.05, 3.63) is 70.7 Å². The number of aromatic nitrogens is 3. The maximum atomic E-state index is 5.28. The number of methoxy groups -OCH3 is 1. The van der Waals surface area contributed by atoms with Gasteiger partial charge in [0, 0.05) is 21.4 Å². The van der Waals surface area contributed by atoms with E-state index in [1.54, 1.807) is 36.1 Å². The Labute approximate surface area is 201 Å². The first-order valence-electron chi connectivity index (χ1n) is 10.7. The number of aryl methyl sites for hydroxylation is 1. The molecular formula is C26H24N4OS2. The summed E-state index contributed by atoms with van der Waals surface area (Å²) >= 11 is 3.25. The van der Waals surface area contributed by atoms with E-state index >= 15 is 0 Å². The summed E-state index contributed by atoms with van der Waals surface area (Å²) in [5.74, 6) is 2.12. The lowest BCUT2D eigenvalue weighted by atomic mass is 9.99. The van der Waals surface area contributed by atoms with Gasteiger partial charge in [-0.25, -0.2) is 15.0 Å². The van der Waals surface area contributed by atoms with Crippen molar-refractivity contribution in [3.63, 3.8) is 0 Å². The first kappa shape index (κ1) is 21.6. The fourth-order valence-corrected chi connectivity index (χ4v) is 5.55. The number of ether oxygens (including phenoxy) is 1. The van der Waals surface area contributed by atoms with E-state index in [9.17, 15) is 0 Å². The Morgan fingerprint density at radius 1 is 0.939 bits per heavy atom. The van der Waals surface area contributed by atoms with Gasteiger partial charge in [-0.2, -0.15) is 0 Å². The van der Waals surface area contributed by atoms with E-state index in [0.717, 1.165) is 54.2 Å². The molecule has 166 valence electrons. The third-order valence-corrected chi connectivity index (χ3v) is 7.42. The summed E-state index contributed by atoms with van der Waals surface area (Å²) in [6, 6.07) is 16.7. The number of hydrogen-bond donors (Lipinski definition) is 1. The van der Waals surface area contributed by atoms with Crippen molar-refractivity contribution in [1.29, 1.82) is 0 Å². The largest absolute Gasteiger partial charge is 0.497 e. The van der Waals surface area contributed by atoms with Crippen LogP contribution in [0.3, 0.4) is 0 Å². The minimum Gasteiger partial charge on any atom is -0.497 e. The Hall–Kier alpha value is -3.29. The molecule has 0 spiro atoms. The molecule has 5 rings (SSSR count). The number of thiazole rings is 1. The molecule has 0 atom stereocenters. The van der Waals surface area contributed by atoms with E-state index < -0.39 is 0 Å². The average molecular weight is 473 g/mol. The molecule has 0 saturated carbocycles. The van der Waals surface area contributed by atoms with Gasteiger partial charge in [0.1, 0.15) is 22.7 Å². The summed E-state index contributed by atoms with van der Waals surface area (Å²) in [5.41, 5.74) is 5.66. The Morgan fingerprint density at radius 2 is 1.67 bits per heavy atom. The maximum absolute atomic E-state index is 5.28. The standard InChI is InChI=1S/C26H24N4OS2/c1-15(2)17-5-7-18(8-6-17)21-13-32-25-22(21)24(27-14-28-25)30-26-29-23(16(3)33-26)19-9-11-20(31-4)12-10-19/h5-15H,1-4H3,(H,27,28,29,30). The van der Waals surface area contributed by atoms with Crippen LogP contribution in [0.2, 0.25) is 0 Å². The molecular weight excluding hydrogens is 448 g/mol. The Kier molecular flexibility index (Phi) is 5.83. The van der Waals surface area contributed by atoms with E-state index in [1.807, 2.05) is 24.3 Å². The molecule has 0 saturated heterocycles. The predicted molar refractivity (Wildman–Crippen MR) is 139 cm³/mol. The van der Waals surface area contributed by atoms with Gasteiger partial charge in [0.15, 0.2) is 5.13 Å². The number of nitrogens with one attached hydrogen (secondary N) is 1. The smallest absolute Gasteiger partial charge is 0.189 e. The molecule has 0 bridgehead atoms. The zero-order valence-electron chi connectivity index (χ0n) is 18.9. The molecule has 0 aliphatic heterocycles. The van der Waals surface area contributed by atoms with Crippen LogP contribution in [0, 0.1) is 6.92 Å². The predicted octanol–water partition coefficient (Wildman–Crippen LogP) is 7.67. The van der Waals surface area contributed by atoms with Gasteiger partial charge in [0.25, 0.3) is 0 Å². The summed E-state index contributed by atoms with van der Waals surface area (Å²) in [6.07, 6.45) is 1.61. The van der Waals surface area contributed by atoms with Gasteiger partial charge in [-0.15, -0.1) is 22.7 Å². The number of hydrogen-bond acceptors (Lipinski definition) is 7. The van der Waals surface area contributed by atoms with Crippen LogP contribution in [0.5, 0.6) is 5.75 Å². The highest BCUT2D eigenvalue weighted by Crippen LogP contribution is 2.39. The molecule has 2 aromatic carbocycles. The lowest BCUT2D eigenvalue weighted by Gasteiger charge is -2.08. The Morgan fingerprint density at radius 3 is 2.36 bits per heavy atom. The number of fused-ring (bicyclic) bond motifs is 1. The number of rotatable bonds is 6. The molecule has 3 heterocycles. The van der Waals surface area contributed by atoms with Crippen molar-refractivity contribution >= 4 is 43.8 Å². The van der Waals surface area contributed by atoms with Crippen LogP contribution >= 0.6 is 22.7 Å². The van der Waals surface area contributed by atoms with Crippen LogP contribution in [0.15, 0.2) is 60.2 Å². The average Bonchev–Trinajstić information content (AvgIpc) is 3.43. The van der Waals surface area contributed by atoms with E-state index in [0.29, 0.717) is 5.92 Å². The van der Waals surface area contributed by atoms with Gasteiger partial charge >= 0.3 is 0 Å². The van der Waals surface area contributed by atoms with Crippen molar-refractivity contribution in [2.45, 2.75) is 26.7 Å². The maximum Gasteiger partial charge on any atom is 0.189 e. The van der Waals surface area contributed by atoms with Crippen molar-refractivity contribution in [3.8, 4) is 28.1 Å². The van der Waals surface area contributed by atoms with Crippen molar-refractivity contribution < 1.29 is 4.74 Å². The number of nitrogens with zero attached hydrogens (tertiary/aromatic N) is 3. The first-order valence-corrected chi connectivity index (χ1v) is 12.4. The fraction of sp³-hybridized carbons (Fsp3) is 0.192. The second-order valence-corrected chi connectivity index (χ2v) is 10.2. The number of anilines is 2. The van der Waals surface area contributed by atoms with E-state index in [-0.39, 0.29) is 0 Å². The summed E-state index contributed by atoms with van der Waals surface area (Å²) in [6.45, 7) is 6.51. The lowest BCUT2D eigenvalue weighted by Crippen LogP contribution is -1.95. The zero-order chi connectivity index (χ0) is 22.9. The summed E-state index contributed by atoms with van der Waals surface area (Å²) in [7, 11) is 1.67. The molecule has 1 N–H and O–H groups in total. The third-order valence-electron chi connectivity index (χ3n) is 5.64. The second-order valence-electron chi connectivity index (χ2n) is 8.11. The Balaban J connectivity index is 1.50. The van der Waals surface area contributed by atoms with Crippen LogP contribution in [-0.4, -0.2) is 22.1 Å². The molecule has 0 amide bonds. The Bertz CT molecular complexity index is 1400. The zero-order valence-corrected chi connectivity index (χ0v) is 20.6. The molecule has 7 heteroatoms. The van der Waals surface area contributed by atoms with Gasteiger partial charge < -0.3 is 10.1 Å². The van der Waals surface area contributed by atoms with Crippen LogP contribution in [0.25, 0.3) is 32.6 Å². The van der Waals surface area contributed by atoms with Crippen molar-refractivity contribution in [1.82, 2.24) is 15.0 Å². The second kappa shape index (κ2) is 8.92.